The monoisotopic (exact) mass is 221 g/mol. The van der Waals surface area contributed by atoms with Gasteiger partial charge in [0.25, 0.3) is 0 Å². The van der Waals surface area contributed by atoms with Crippen LogP contribution in [0.5, 0.6) is 0 Å². The van der Waals surface area contributed by atoms with E-state index < -0.39 is 5.82 Å². The number of carbonyl (C=O) groups excluding carboxylic acids is 1. The van der Waals surface area contributed by atoms with Crippen molar-refractivity contribution >= 4 is 12.0 Å². The Balaban J connectivity index is 2.35. The highest BCUT2D eigenvalue weighted by Crippen LogP contribution is 2.33. The quantitative estimate of drug-likeness (QED) is 0.712. The summed E-state index contributed by atoms with van der Waals surface area (Å²) in [5, 5.41) is 0. The van der Waals surface area contributed by atoms with Crippen LogP contribution >= 0.6 is 0 Å². The maximum atomic E-state index is 13.5. The van der Waals surface area contributed by atoms with Crippen LogP contribution < -0.4 is 4.90 Å². The molecule has 2 nitrogen and oxygen atoms in total. The van der Waals surface area contributed by atoms with Crippen LogP contribution in [0.3, 0.4) is 0 Å². The van der Waals surface area contributed by atoms with E-state index in [1.807, 2.05) is 6.07 Å². The molecule has 0 saturated heterocycles. The van der Waals surface area contributed by atoms with Gasteiger partial charge in [0.1, 0.15) is 5.82 Å². The zero-order chi connectivity index (χ0) is 11.5. The summed E-state index contributed by atoms with van der Waals surface area (Å²) < 4.78 is 13.5. The number of hydrogen-bond donors (Lipinski definition) is 0. The van der Waals surface area contributed by atoms with Gasteiger partial charge in [-0.1, -0.05) is 13.0 Å². The molecule has 2 rings (SSSR count). The normalized spacial score (nSPS) is 14.9. The molecule has 1 aromatic carbocycles. The van der Waals surface area contributed by atoms with Crippen LogP contribution in [0.1, 0.15) is 36.5 Å². The van der Waals surface area contributed by atoms with Crippen molar-refractivity contribution in [2.45, 2.75) is 32.2 Å². The SMILES string of the molecule is CCCN(c1cccc(F)c1C=O)C1CC1. The summed E-state index contributed by atoms with van der Waals surface area (Å²) in [5.74, 6) is -0.422. The first-order valence-corrected chi connectivity index (χ1v) is 5.78. The second-order valence-electron chi connectivity index (χ2n) is 4.22. The lowest BCUT2D eigenvalue weighted by atomic mass is 10.1. The molecule has 1 aliphatic carbocycles. The maximum Gasteiger partial charge on any atom is 0.155 e. The first kappa shape index (κ1) is 11.1. The van der Waals surface area contributed by atoms with Crippen molar-refractivity contribution in [3.05, 3.63) is 29.6 Å². The summed E-state index contributed by atoms with van der Waals surface area (Å²) in [7, 11) is 0. The van der Waals surface area contributed by atoms with Gasteiger partial charge in [0.05, 0.1) is 11.3 Å². The van der Waals surface area contributed by atoms with E-state index in [1.54, 1.807) is 6.07 Å². The van der Waals surface area contributed by atoms with Crippen molar-refractivity contribution in [2.24, 2.45) is 0 Å². The Labute approximate surface area is 95.1 Å². The zero-order valence-corrected chi connectivity index (χ0v) is 9.45. The van der Waals surface area contributed by atoms with Crippen LogP contribution in [0.25, 0.3) is 0 Å². The minimum Gasteiger partial charge on any atom is -0.368 e. The predicted octanol–water partition coefficient (Wildman–Crippen LogP) is 3.02. The molecule has 0 spiro atoms. The topological polar surface area (TPSA) is 20.3 Å². The van der Waals surface area contributed by atoms with Crippen LogP contribution in [0.4, 0.5) is 10.1 Å². The van der Waals surface area contributed by atoms with Crippen LogP contribution in [-0.2, 0) is 0 Å². The molecule has 3 heteroatoms. The van der Waals surface area contributed by atoms with Crippen LogP contribution in [-0.4, -0.2) is 18.9 Å². The fourth-order valence-electron chi connectivity index (χ4n) is 2.02. The first-order chi connectivity index (χ1) is 7.77. The highest BCUT2D eigenvalue weighted by Gasteiger charge is 2.30. The second kappa shape index (κ2) is 4.64. The molecule has 1 aliphatic rings. The molecular formula is C13H16FNO. The van der Waals surface area contributed by atoms with Crippen LogP contribution in [0.15, 0.2) is 18.2 Å². The van der Waals surface area contributed by atoms with Gasteiger partial charge in [0.2, 0.25) is 0 Å². The average Bonchev–Trinajstić information content (AvgIpc) is 3.09. The number of rotatable bonds is 5. The summed E-state index contributed by atoms with van der Waals surface area (Å²) in [6, 6.07) is 5.34. The number of anilines is 1. The molecule has 0 radical (unpaired) electrons. The van der Waals surface area contributed by atoms with Gasteiger partial charge in [-0.15, -0.1) is 0 Å². The Morgan fingerprint density at radius 3 is 2.81 bits per heavy atom. The summed E-state index contributed by atoms with van der Waals surface area (Å²) in [6.45, 7) is 2.98. The van der Waals surface area contributed by atoms with Gasteiger partial charge >= 0.3 is 0 Å². The van der Waals surface area contributed by atoms with E-state index in [4.69, 9.17) is 0 Å². The third-order valence-electron chi connectivity index (χ3n) is 2.91. The van der Waals surface area contributed by atoms with Crippen LogP contribution in [0.2, 0.25) is 0 Å². The minimum atomic E-state index is -0.422. The van der Waals surface area contributed by atoms with Crippen molar-refractivity contribution in [3.63, 3.8) is 0 Å². The molecule has 0 bridgehead atoms. The molecule has 1 aromatic rings. The fraction of sp³-hybridized carbons (Fsp3) is 0.462. The number of carbonyl (C=O) groups is 1. The van der Waals surface area contributed by atoms with Crippen molar-refractivity contribution in [1.82, 2.24) is 0 Å². The van der Waals surface area contributed by atoms with Gasteiger partial charge in [0.15, 0.2) is 6.29 Å². The van der Waals surface area contributed by atoms with E-state index in [-0.39, 0.29) is 5.56 Å². The zero-order valence-electron chi connectivity index (χ0n) is 9.45. The molecule has 0 heterocycles. The first-order valence-electron chi connectivity index (χ1n) is 5.78. The number of hydrogen-bond acceptors (Lipinski definition) is 2. The fourth-order valence-corrected chi connectivity index (χ4v) is 2.02. The van der Waals surface area contributed by atoms with E-state index in [9.17, 15) is 9.18 Å². The van der Waals surface area contributed by atoms with Gasteiger partial charge in [-0.05, 0) is 31.4 Å². The molecule has 0 atom stereocenters. The molecule has 1 saturated carbocycles. The lowest BCUT2D eigenvalue weighted by Crippen LogP contribution is -2.27. The third-order valence-corrected chi connectivity index (χ3v) is 2.91. The summed E-state index contributed by atoms with van der Waals surface area (Å²) >= 11 is 0. The number of halogens is 1. The van der Waals surface area contributed by atoms with Crippen molar-refractivity contribution < 1.29 is 9.18 Å². The number of aldehydes is 1. The van der Waals surface area contributed by atoms with Gasteiger partial charge in [-0.25, -0.2) is 4.39 Å². The van der Waals surface area contributed by atoms with E-state index in [1.165, 1.54) is 6.07 Å². The largest absolute Gasteiger partial charge is 0.368 e. The van der Waals surface area contributed by atoms with Gasteiger partial charge in [-0.3, -0.25) is 4.79 Å². The molecule has 0 N–H and O–H groups in total. The Morgan fingerprint density at radius 1 is 1.50 bits per heavy atom. The lowest BCUT2D eigenvalue weighted by molar-refractivity contribution is 0.112. The molecule has 0 unspecified atom stereocenters. The van der Waals surface area contributed by atoms with E-state index in [2.05, 4.69) is 11.8 Å². The van der Waals surface area contributed by atoms with Gasteiger partial charge in [-0.2, -0.15) is 0 Å². The molecule has 0 amide bonds. The van der Waals surface area contributed by atoms with E-state index in [0.717, 1.165) is 31.5 Å². The standard InChI is InChI=1S/C13H16FNO/c1-2-8-15(10-6-7-10)13-5-3-4-12(14)11(13)9-16/h3-5,9-10H,2,6-8H2,1H3. The van der Waals surface area contributed by atoms with E-state index in [0.29, 0.717) is 12.3 Å². The summed E-state index contributed by atoms with van der Waals surface area (Å²) in [5.41, 5.74) is 0.946. The Kier molecular flexibility index (Phi) is 3.22. The molecule has 0 aliphatic heterocycles. The average molecular weight is 221 g/mol. The predicted molar refractivity (Wildman–Crippen MR) is 62.4 cm³/mol. The summed E-state index contributed by atoms with van der Waals surface area (Å²) in [4.78, 5) is 13.1. The molecule has 16 heavy (non-hydrogen) atoms. The number of nitrogens with zero attached hydrogens (tertiary/aromatic N) is 1. The molecule has 0 aromatic heterocycles. The number of benzene rings is 1. The van der Waals surface area contributed by atoms with Gasteiger partial charge < -0.3 is 4.90 Å². The van der Waals surface area contributed by atoms with E-state index >= 15 is 0 Å². The van der Waals surface area contributed by atoms with Crippen molar-refractivity contribution in [2.75, 3.05) is 11.4 Å². The van der Waals surface area contributed by atoms with Crippen LogP contribution in [0, 0.1) is 5.82 Å². The van der Waals surface area contributed by atoms with Crippen molar-refractivity contribution in [3.8, 4) is 0 Å². The lowest BCUT2D eigenvalue weighted by Gasteiger charge is -2.25. The second-order valence-corrected chi connectivity index (χ2v) is 4.22. The highest BCUT2D eigenvalue weighted by molar-refractivity contribution is 5.85. The van der Waals surface area contributed by atoms with Gasteiger partial charge in [0, 0.05) is 12.6 Å². The molecule has 1 fully saturated rings. The summed E-state index contributed by atoms with van der Waals surface area (Å²) in [6.07, 6.45) is 3.92. The maximum absolute atomic E-state index is 13.5. The Morgan fingerprint density at radius 2 is 2.25 bits per heavy atom. The Hall–Kier alpha value is -1.38. The Bertz CT molecular complexity index is 388. The molecule has 86 valence electrons. The molecular weight excluding hydrogens is 205 g/mol. The highest BCUT2D eigenvalue weighted by atomic mass is 19.1. The smallest absolute Gasteiger partial charge is 0.155 e. The third kappa shape index (κ3) is 2.08. The minimum absolute atomic E-state index is 0.197. The van der Waals surface area contributed by atoms with Crippen molar-refractivity contribution in [1.29, 1.82) is 0 Å².